The molecule has 134 valence electrons. The van der Waals surface area contributed by atoms with Crippen LogP contribution in [0.1, 0.15) is 31.5 Å². The average molecular weight is 349 g/mol. The Morgan fingerprint density at radius 1 is 1.48 bits per heavy atom. The third kappa shape index (κ3) is 3.26. The molecule has 2 aromatic rings. The van der Waals surface area contributed by atoms with Gasteiger partial charge in [0.15, 0.2) is 11.6 Å². The van der Waals surface area contributed by atoms with Crippen molar-refractivity contribution in [3.05, 3.63) is 40.2 Å². The molecule has 9 heteroatoms. The van der Waals surface area contributed by atoms with Crippen LogP contribution in [-0.4, -0.2) is 39.9 Å². The smallest absolute Gasteiger partial charge is 0.295 e. The SMILES string of the molecule is CCn1cnnc1[C@H]1CCCN(c2cc(OC)c(F)cc2[N+](=O)[O-])C1. The first-order chi connectivity index (χ1) is 12.0. The predicted molar refractivity (Wildman–Crippen MR) is 89.5 cm³/mol. The van der Waals surface area contributed by atoms with E-state index in [0.29, 0.717) is 18.8 Å². The Labute approximate surface area is 144 Å². The van der Waals surface area contributed by atoms with Crippen LogP contribution in [0.4, 0.5) is 15.8 Å². The summed E-state index contributed by atoms with van der Waals surface area (Å²) in [6.45, 7) is 4.01. The van der Waals surface area contributed by atoms with Gasteiger partial charge in [0.05, 0.1) is 18.1 Å². The Kier molecular flexibility index (Phi) is 4.82. The van der Waals surface area contributed by atoms with Crippen molar-refractivity contribution in [2.75, 3.05) is 25.1 Å². The molecule has 3 rings (SSSR count). The molecular weight excluding hydrogens is 329 g/mol. The summed E-state index contributed by atoms with van der Waals surface area (Å²) in [5, 5.41) is 19.6. The number of nitrogens with zero attached hydrogens (tertiary/aromatic N) is 5. The lowest BCUT2D eigenvalue weighted by atomic mass is 9.96. The maximum Gasteiger partial charge on any atom is 0.295 e. The Morgan fingerprint density at radius 3 is 2.96 bits per heavy atom. The molecule has 0 saturated carbocycles. The lowest BCUT2D eigenvalue weighted by Crippen LogP contribution is -2.35. The van der Waals surface area contributed by atoms with E-state index in [0.717, 1.165) is 31.3 Å². The minimum absolute atomic E-state index is 0.000511. The minimum atomic E-state index is -0.739. The molecule has 1 aromatic carbocycles. The summed E-state index contributed by atoms with van der Waals surface area (Å²) < 4.78 is 20.9. The molecule has 0 spiro atoms. The number of piperidine rings is 1. The number of methoxy groups -OCH3 is 1. The fraction of sp³-hybridized carbons (Fsp3) is 0.500. The van der Waals surface area contributed by atoms with Crippen LogP contribution in [0.25, 0.3) is 0 Å². The molecule has 1 atom stereocenters. The number of rotatable bonds is 5. The van der Waals surface area contributed by atoms with Crippen LogP contribution in [0.2, 0.25) is 0 Å². The first kappa shape index (κ1) is 17.1. The van der Waals surface area contributed by atoms with E-state index in [1.54, 1.807) is 6.33 Å². The van der Waals surface area contributed by atoms with Gasteiger partial charge >= 0.3 is 0 Å². The third-order valence-electron chi connectivity index (χ3n) is 4.56. The van der Waals surface area contributed by atoms with Crippen molar-refractivity contribution in [1.82, 2.24) is 14.8 Å². The Morgan fingerprint density at radius 2 is 2.28 bits per heavy atom. The van der Waals surface area contributed by atoms with Crippen LogP contribution in [0.3, 0.4) is 0 Å². The zero-order valence-electron chi connectivity index (χ0n) is 14.2. The number of nitro groups is 1. The van der Waals surface area contributed by atoms with Gasteiger partial charge in [-0.2, -0.15) is 0 Å². The summed E-state index contributed by atoms with van der Waals surface area (Å²) in [6.07, 6.45) is 3.48. The molecule has 1 aliphatic rings. The molecule has 0 bridgehead atoms. The average Bonchev–Trinajstić information content (AvgIpc) is 3.10. The Balaban J connectivity index is 1.94. The van der Waals surface area contributed by atoms with Gasteiger partial charge in [-0.15, -0.1) is 10.2 Å². The van der Waals surface area contributed by atoms with E-state index in [1.807, 2.05) is 16.4 Å². The maximum absolute atomic E-state index is 13.9. The first-order valence-corrected chi connectivity index (χ1v) is 8.19. The maximum atomic E-state index is 13.9. The van der Waals surface area contributed by atoms with Gasteiger partial charge in [-0.05, 0) is 19.8 Å². The molecule has 2 heterocycles. The van der Waals surface area contributed by atoms with Crippen molar-refractivity contribution in [2.45, 2.75) is 32.2 Å². The Hall–Kier alpha value is -2.71. The number of ether oxygens (including phenoxy) is 1. The van der Waals surface area contributed by atoms with Crippen LogP contribution in [-0.2, 0) is 6.54 Å². The highest BCUT2D eigenvalue weighted by atomic mass is 19.1. The molecule has 8 nitrogen and oxygen atoms in total. The highest BCUT2D eigenvalue weighted by molar-refractivity contribution is 5.66. The zero-order chi connectivity index (χ0) is 18.0. The predicted octanol–water partition coefficient (Wildman–Crippen LogP) is 2.74. The molecule has 0 aliphatic carbocycles. The standard InChI is InChI=1S/C16H20FN5O3/c1-3-20-10-18-19-16(20)11-5-4-6-21(9-11)13-8-15(25-2)12(17)7-14(13)22(23)24/h7-8,10-11H,3-6,9H2,1-2H3/t11-/m0/s1. The van der Waals surface area contributed by atoms with E-state index in [2.05, 4.69) is 10.2 Å². The van der Waals surface area contributed by atoms with Crippen molar-refractivity contribution in [1.29, 1.82) is 0 Å². The number of nitro benzene ring substituents is 1. The van der Waals surface area contributed by atoms with Gasteiger partial charge in [0.25, 0.3) is 5.69 Å². The third-order valence-corrected chi connectivity index (χ3v) is 4.56. The van der Waals surface area contributed by atoms with Gasteiger partial charge in [0.1, 0.15) is 17.8 Å². The number of benzene rings is 1. The number of hydrogen-bond donors (Lipinski definition) is 0. The summed E-state index contributed by atoms with van der Waals surface area (Å²) in [5.41, 5.74) is 0.117. The number of anilines is 1. The molecule has 0 unspecified atom stereocenters. The number of aromatic nitrogens is 3. The van der Waals surface area contributed by atoms with Crippen LogP contribution in [0.5, 0.6) is 5.75 Å². The second kappa shape index (κ2) is 7.04. The highest BCUT2D eigenvalue weighted by Gasteiger charge is 2.30. The number of halogens is 1. The van der Waals surface area contributed by atoms with Crippen molar-refractivity contribution in [2.24, 2.45) is 0 Å². The van der Waals surface area contributed by atoms with Gasteiger partial charge < -0.3 is 14.2 Å². The fourth-order valence-electron chi connectivity index (χ4n) is 3.32. The van der Waals surface area contributed by atoms with E-state index in [4.69, 9.17) is 4.74 Å². The molecule has 0 N–H and O–H groups in total. The van der Waals surface area contributed by atoms with E-state index < -0.39 is 10.7 Å². The highest BCUT2D eigenvalue weighted by Crippen LogP contribution is 2.38. The number of aryl methyl sites for hydroxylation is 1. The van der Waals surface area contributed by atoms with Crippen LogP contribution >= 0.6 is 0 Å². The minimum Gasteiger partial charge on any atom is -0.494 e. The normalized spacial score (nSPS) is 17.6. The fourth-order valence-corrected chi connectivity index (χ4v) is 3.32. The van der Waals surface area contributed by atoms with E-state index in [9.17, 15) is 14.5 Å². The number of hydrogen-bond acceptors (Lipinski definition) is 6. The van der Waals surface area contributed by atoms with Crippen molar-refractivity contribution >= 4 is 11.4 Å². The van der Waals surface area contributed by atoms with E-state index in [-0.39, 0.29) is 17.4 Å². The summed E-state index contributed by atoms with van der Waals surface area (Å²) >= 11 is 0. The van der Waals surface area contributed by atoms with Gasteiger partial charge in [0, 0.05) is 31.6 Å². The quantitative estimate of drug-likeness (QED) is 0.609. The second-order valence-corrected chi connectivity index (χ2v) is 5.99. The summed E-state index contributed by atoms with van der Waals surface area (Å²) in [5.74, 6) is 0.257. The van der Waals surface area contributed by atoms with Gasteiger partial charge in [0.2, 0.25) is 0 Å². The van der Waals surface area contributed by atoms with Crippen molar-refractivity contribution < 1.29 is 14.1 Å². The van der Waals surface area contributed by atoms with Gasteiger partial charge in [-0.25, -0.2) is 4.39 Å². The molecule has 25 heavy (non-hydrogen) atoms. The zero-order valence-corrected chi connectivity index (χ0v) is 14.2. The largest absolute Gasteiger partial charge is 0.494 e. The monoisotopic (exact) mass is 349 g/mol. The molecule has 0 amide bonds. The van der Waals surface area contributed by atoms with Crippen molar-refractivity contribution in [3.63, 3.8) is 0 Å². The Bertz CT molecular complexity index is 779. The van der Waals surface area contributed by atoms with Crippen LogP contribution < -0.4 is 9.64 Å². The lowest BCUT2D eigenvalue weighted by molar-refractivity contribution is -0.384. The van der Waals surface area contributed by atoms with E-state index >= 15 is 0 Å². The molecule has 1 saturated heterocycles. The van der Waals surface area contributed by atoms with Crippen LogP contribution in [0.15, 0.2) is 18.5 Å². The molecule has 1 aromatic heterocycles. The van der Waals surface area contributed by atoms with E-state index in [1.165, 1.54) is 13.2 Å². The molecular formula is C16H20FN5O3. The summed E-state index contributed by atoms with van der Waals surface area (Å²) in [4.78, 5) is 12.7. The van der Waals surface area contributed by atoms with Crippen LogP contribution in [0, 0.1) is 15.9 Å². The molecule has 1 aliphatic heterocycles. The van der Waals surface area contributed by atoms with Gasteiger partial charge in [-0.1, -0.05) is 0 Å². The summed E-state index contributed by atoms with van der Waals surface area (Å²) in [6, 6.07) is 2.33. The molecule has 0 radical (unpaired) electrons. The first-order valence-electron chi connectivity index (χ1n) is 8.19. The topological polar surface area (TPSA) is 86.3 Å². The van der Waals surface area contributed by atoms with Gasteiger partial charge in [-0.3, -0.25) is 10.1 Å². The van der Waals surface area contributed by atoms with Crippen molar-refractivity contribution in [3.8, 4) is 5.75 Å². The molecule has 1 fully saturated rings. The summed E-state index contributed by atoms with van der Waals surface area (Å²) in [7, 11) is 1.34. The second-order valence-electron chi connectivity index (χ2n) is 5.99. The lowest BCUT2D eigenvalue weighted by Gasteiger charge is -2.33.